The van der Waals surface area contributed by atoms with Crippen LogP contribution in [0.1, 0.15) is 51.7 Å². The lowest BCUT2D eigenvalue weighted by Crippen LogP contribution is -2.41. The van der Waals surface area contributed by atoms with E-state index in [-0.39, 0.29) is 18.0 Å². The average Bonchev–Trinajstić information content (AvgIpc) is 2.89. The fraction of sp³-hybridized carbons (Fsp3) is 0.435. The van der Waals surface area contributed by atoms with Gasteiger partial charge in [0.15, 0.2) is 0 Å². The molecule has 0 saturated carbocycles. The van der Waals surface area contributed by atoms with E-state index in [1.165, 1.54) is 12.1 Å². The first-order valence-corrected chi connectivity index (χ1v) is 10.3. The summed E-state index contributed by atoms with van der Waals surface area (Å²) in [5.74, 6) is -0.312. The fourth-order valence-electron chi connectivity index (χ4n) is 3.27. The standard InChI is InChI=1S/C23H27BF3NO3/c1-21(2)22(3,4)31-24(30-21)18-13-11-16(12-14-18)7-5-10-20(29)28-19-9-6-8-17(15-19)23(25,26)27/h6,8-9,11-15H,5,7,10H2,1-4H3,(H,28,29). The summed E-state index contributed by atoms with van der Waals surface area (Å²) < 4.78 is 50.4. The number of nitrogens with one attached hydrogen (secondary N) is 1. The van der Waals surface area contributed by atoms with Gasteiger partial charge in [-0.2, -0.15) is 13.2 Å². The van der Waals surface area contributed by atoms with Crippen molar-refractivity contribution in [3.05, 3.63) is 59.7 Å². The fourth-order valence-corrected chi connectivity index (χ4v) is 3.27. The van der Waals surface area contributed by atoms with E-state index in [4.69, 9.17) is 9.31 Å². The Morgan fingerprint density at radius 2 is 1.61 bits per heavy atom. The average molecular weight is 433 g/mol. The molecule has 0 unspecified atom stereocenters. The number of hydrogen-bond acceptors (Lipinski definition) is 3. The maximum atomic E-state index is 12.8. The number of carbonyl (C=O) groups is 1. The zero-order chi connectivity index (χ0) is 22.9. The Morgan fingerprint density at radius 3 is 2.19 bits per heavy atom. The van der Waals surface area contributed by atoms with Crippen LogP contribution in [0.2, 0.25) is 0 Å². The number of alkyl halides is 3. The number of amides is 1. The topological polar surface area (TPSA) is 47.6 Å². The summed E-state index contributed by atoms with van der Waals surface area (Å²) in [6.07, 6.45) is -2.96. The molecule has 166 valence electrons. The van der Waals surface area contributed by atoms with Crippen molar-refractivity contribution < 1.29 is 27.3 Å². The molecule has 0 aliphatic carbocycles. The van der Waals surface area contributed by atoms with Gasteiger partial charge < -0.3 is 14.6 Å². The summed E-state index contributed by atoms with van der Waals surface area (Å²) in [7, 11) is -0.419. The van der Waals surface area contributed by atoms with E-state index in [2.05, 4.69) is 5.32 Å². The third-order valence-corrected chi connectivity index (χ3v) is 5.85. The minimum atomic E-state index is -4.44. The van der Waals surface area contributed by atoms with Crippen molar-refractivity contribution in [2.45, 2.75) is 64.3 Å². The third-order valence-electron chi connectivity index (χ3n) is 5.85. The molecule has 0 spiro atoms. The number of benzene rings is 2. The van der Waals surface area contributed by atoms with Crippen molar-refractivity contribution in [3.63, 3.8) is 0 Å². The van der Waals surface area contributed by atoms with Gasteiger partial charge in [0.1, 0.15) is 0 Å². The first-order chi connectivity index (χ1) is 14.4. The Morgan fingerprint density at radius 1 is 1.00 bits per heavy atom. The Hall–Kier alpha value is -2.32. The minimum Gasteiger partial charge on any atom is -0.399 e. The van der Waals surface area contributed by atoms with Gasteiger partial charge in [-0.1, -0.05) is 30.3 Å². The second-order valence-corrected chi connectivity index (χ2v) is 8.81. The van der Waals surface area contributed by atoms with Gasteiger partial charge in [0.05, 0.1) is 16.8 Å². The van der Waals surface area contributed by atoms with Crippen molar-refractivity contribution in [1.82, 2.24) is 0 Å². The summed E-state index contributed by atoms with van der Waals surface area (Å²) >= 11 is 0. The molecule has 1 fully saturated rings. The van der Waals surface area contributed by atoms with Crippen LogP contribution in [-0.2, 0) is 26.7 Å². The van der Waals surface area contributed by atoms with Crippen LogP contribution < -0.4 is 10.8 Å². The van der Waals surface area contributed by atoms with E-state index in [9.17, 15) is 18.0 Å². The van der Waals surface area contributed by atoms with Crippen LogP contribution in [0.15, 0.2) is 48.5 Å². The van der Waals surface area contributed by atoms with Crippen LogP contribution >= 0.6 is 0 Å². The van der Waals surface area contributed by atoms with E-state index in [0.29, 0.717) is 12.8 Å². The molecule has 1 aliphatic heterocycles. The van der Waals surface area contributed by atoms with Crippen molar-refractivity contribution in [3.8, 4) is 0 Å². The molecule has 3 rings (SSSR count). The molecular formula is C23H27BF3NO3. The molecule has 2 aromatic carbocycles. The molecule has 31 heavy (non-hydrogen) atoms. The van der Waals surface area contributed by atoms with Crippen molar-refractivity contribution in [2.24, 2.45) is 0 Å². The van der Waals surface area contributed by atoms with Gasteiger partial charge in [0, 0.05) is 12.1 Å². The molecule has 0 radical (unpaired) electrons. The number of aryl methyl sites for hydroxylation is 1. The largest absolute Gasteiger partial charge is 0.494 e. The molecule has 1 aliphatic rings. The molecule has 1 saturated heterocycles. The van der Waals surface area contributed by atoms with Gasteiger partial charge in [0.25, 0.3) is 0 Å². The Balaban J connectivity index is 1.49. The van der Waals surface area contributed by atoms with Gasteiger partial charge >= 0.3 is 13.3 Å². The van der Waals surface area contributed by atoms with Crippen molar-refractivity contribution in [1.29, 1.82) is 0 Å². The molecule has 1 N–H and O–H groups in total. The molecule has 8 heteroatoms. The van der Waals surface area contributed by atoms with Crippen LogP contribution in [0.3, 0.4) is 0 Å². The predicted octanol–water partition coefficient (Wildman–Crippen LogP) is 4.97. The number of rotatable bonds is 6. The van der Waals surface area contributed by atoms with Crippen molar-refractivity contribution >= 4 is 24.2 Å². The number of hydrogen-bond donors (Lipinski definition) is 1. The highest BCUT2D eigenvalue weighted by Crippen LogP contribution is 2.36. The number of halogens is 3. The molecule has 1 amide bonds. The first kappa shape index (κ1) is 23.4. The highest BCUT2D eigenvalue weighted by atomic mass is 19.4. The highest BCUT2D eigenvalue weighted by molar-refractivity contribution is 6.62. The zero-order valence-electron chi connectivity index (χ0n) is 18.2. The number of anilines is 1. The molecule has 4 nitrogen and oxygen atoms in total. The monoisotopic (exact) mass is 433 g/mol. The van der Waals surface area contributed by atoms with Crippen LogP contribution in [0.5, 0.6) is 0 Å². The smallest absolute Gasteiger partial charge is 0.399 e. The summed E-state index contributed by atoms with van der Waals surface area (Å²) in [4.78, 5) is 12.1. The van der Waals surface area contributed by atoms with Crippen LogP contribution in [0, 0.1) is 0 Å². The lowest BCUT2D eigenvalue weighted by molar-refractivity contribution is -0.137. The van der Waals surface area contributed by atoms with Crippen LogP contribution in [0.4, 0.5) is 18.9 Å². The summed E-state index contributed by atoms with van der Waals surface area (Å²) in [5.41, 5.74) is 0.558. The maximum absolute atomic E-state index is 12.8. The van der Waals surface area contributed by atoms with E-state index in [0.717, 1.165) is 23.2 Å². The lowest BCUT2D eigenvalue weighted by Gasteiger charge is -2.32. The second kappa shape index (κ2) is 8.67. The first-order valence-electron chi connectivity index (χ1n) is 10.3. The van der Waals surface area contributed by atoms with E-state index in [1.807, 2.05) is 52.0 Å². The van der Waals surface area contributed by atoms with E-state index < -0.39 is 30.1 Å². The lowest BCUT2D eigenvalue weighted by atomic mass is 9.78. The molecule has 2 aromatic rings. The molecule has 0 bridgehead atoms. The van der Waals surface area contributed by atoms with Crippen molar-refractivity contribution in [2.75, 3.05) is 5.32 Å². The molecular weight excluding hydrogens is 406 g/mol. The molecule has 1 heterocycles. The maximum Gasteiger partial charge on any atom is 0.494 e. The highest BCUT2D eigenvalue weighted by Gasteiger charge is 2.51. The Kier molecular flexibility index (Phi) is 6.53. The van der Waals surface area contributed by atoms with Gasteiger partial charge in [-0.3, -0.25) is 4.79 Å². The SMILES string of the molecule is CC1(C)OB(c2ccc(CCCC(=O)Nc3cccc(C(F)(F)F)c3)cc2)OC1(C)C. The van der Waals surface area contributed by atoms with Gasteiger partial charge in [-0.05, 0) is 69.8 Å². The molecule has 0 aromatic heterocycles. The third kappa shape index (κ3) is 5.68. The zero-order valence-corrected chi connectivity index (χ0v) is 18.2. The summed E-state index contributed by atoms with van der Waals surface area (Å²) in [6.45, 7) is 8.02. The number of carbonyl (C=O) groups excluding carboxylic acids is 1. The Labute approximate surface area is 181 Å². The summed E-state index contributed by atoms with van der Waals surface area (Å²) in [5, 5.41) is 2.53. The van der Waals surface area contributed by atoms with Gasteiger partial charge in [-0.25, -0.2) is 0 Å². The van der Waals surface area contributed by atoms with Gasteiger partial charge in [-0.15, -0.1) is 0 Å². The summed E-state index contributed by atoms with van der Waals surface area (Å²) in [6, 6.07) is 12.5. The quantitative estimate of drug-likeness (QED) is 0.655. The second-order valence-electron chi connectivity index (χ2n) is 8.81. The van der Waals surface area contributed by atoms with Crippen LogP contribution in [-0.4, -0.2) is 24.2 Å². The van der Waals surface area contributed by atoms with E-state index in [1.54, 1.807) is 0 Å². The van der Waals surface area contributed by atoms with Gasteiger partial charge in [0.2, 0.25) is 5.91 Å². The minimum absolute atomic E-state index is 0.145. The normalized spacial score (nSPS) is 17.6. The molecule has 0 atom stereocenters. The van der Waals surface area contributed by atoms with Crippen LogP contribution in [0.25, 0.3) is 0 Å². The van der Waals surface area contributed by atoms with E-state index >= 15 is 0 Å². The predicted molar refractivity (Wildman–Crippen MR) is 115 cm³/mol. The Bertz CT molecular complexity index is 910.